The number of rotatable bonds is 1. The van der Waals surface area contributed by atoms with Gasteiger partial charge in [-0.1, -0.05) is 6.92 Å². The molecule has 0 bridgehead atoms. The van der Waals surface area contributed by atoms with E-state index >= 15 is 0 Å². The zero-order valence-corrected chi connectivity index (χ0v) is 9.39. The smallest absolute Gasteiger partial charge is 0.0767 e. The summed E-state index contributed by atoms with van der Waals surface area (Å²) < 4.78 is 3.33. The molecule has 0 aliphatic carbocycles. The highest BCUT2D eigenvalue weighted by Gasteiger charge is 2.15. The highest BCUT2D eigenvalue weighted by atomic mass is 79.9. The number of halogens is 1. The highest BCUT2D eigenvalue weighted by molar-refractivity contribution is 9.10. The molecule has 0 saturated carbocycles. The molecule has 72 valence electrons. The Morgan fingerprint density at radius 1 is 1.62 bits per heavy atom. The van der Waals surface area contributed by atoms with E-state index in [9.17, 15) is 0 Å². The average Bonchev–Trinajstić information content (AvgIpc) is 2.37. The maximum absolute atomic E-state index is 4.56. The average molecular weight is 244 g/mol. The SMILES string of the molecule is CCc1nn2c(c1Br)CNCCC2. The number of nitrogens with zero attached hydrogens (tertiary/aromatic N) is 2. The van der Waals surface area contributed by atoms with Gasteiger partial charge in [-0.05, 0) is 35.3 Å². The third kappa shape index (κ3) is 1.65. The van der Waals surface area contributed by atoms with E-state index in [1.807, 2.05) is 0 Å². The van der Waals surface area contributed by atoms with Crippen LogP contribution in [0, 0.1) is 0 Å². The van der Waals surface area contributed by atoms with Gasteiger partial charge in [-0.25, -0.2) is 0 Å². The summed E-state index contributed by atoms with van der Waals surface area (Å²) in [6, 6.07) is 0. The summed E-state index contributed by atoms with van der Waals surface area (Å²) in [5.41, 5.74) is 2.48. The summed E-state index contributed by atoms with van der Waals surface area (Å²) in [6.45, 7) is 5.21. The molecule has 3 nitrogen and oxygen atoms in total. The lowest BCUT2D eigenvalue weighted by Gasteiger charge is -2.00. The number of aryl methyl sites for hydroxylation is 2. The second-order valence-electron chi connectivity index (χ2n) is 3.31. The maximum Gasteiger partial charge on any atom is 0.0767 e. The van der Waals surface area contributed by atoms with Crippen molar-refractivity contribution in [2.24, 2.45) is 0 Å². The first-order chi connectivity index (χ1) is 6.33. The van der Waals surface area contributed by atoms with Gasteiger partial charge in [0.25, 0.3) is 0 Å². The summed E-state index contributed by atoms with van der Waals surface area (Å²) in [5, 5.41) is 7.95. The standard InChI is InChI=1S/C9H14BrN3/c1-2-7-9(10)8-6-11-4-3-5-13(8)12-7/h11H,2-6H2,1H3. The van der Waals surface area contributed by atoms with Crippen LogP contribution >= 0.6 is 15.9 Å². The summed E-state index contributed by atoms with van der Waals surface area (Å²) in [5.74, 6) is 0. The molecular weight excluding hydrogens is 230 g/mol. The molecule has 2 rings (SSSR count). The van der Waals surface area contributed by atoms with Crippen molar-refractivity contribution in [2.45, 2.75) is 32.9 Å². The molecule has 0 atom stereocenters. The third-order valence-electron chi connectivity index (χ3n) is 2.41. The molecule has 13 heavy (non-hydrogen) atoms. The van der Waals surface area contributed by atoms with Crippen LogP contribution in [0.15, 0.2) is 4.47 Å². The van der Waals surface area contributed by atoms with Crippen LogP contribution < -0.4 is 5.32 Å². The molecular formula is C9H14BrN3. The topological polar surface area (TPSA) is 29.9 Å². The number of fused-ring (bicyclic) bond motifs is 1. The summed E-state index contributed by atoms with van der Waals surface area (Å²) in [7, 11) is 0. The van der Waals surface area contributed by atoms with E-state index in [1.165, 1.54) is 22.3 Å². The van der Waals surface area contributed by atoms with E-state index in [1.54, 1.807) is 0 Å². The van der Waals surface area contributed by atoms with Crippen molar-refractivity contribution in [1.82, 2.24) is 15.1 Å². The first kappa shape index (κ1) is 9.21. The predicted octanol–water partition coefficient (Wildman–Crippen LogP) is 1.70. The maximum atomic E-state index is 4.56. The minimum atomic E-state index is 0.938. The van der Waals surface area contributed by atoms with Gasteiger partial charge < -0.3 is 5.32 Å². The molecule has 1 aliphatic heterocycles. The third-order valence-corrected chi connectivity index (χ3v) is 3.33. The van der Waals surface area contributed by atoms with Crippen molar-refractivity contribution in [3.63, 3.8) is 0 Å². The van der Waals surface area contributed by atoms with Crippen molar-refractivity contribution in [3.05, 3.63) is 15.9 Å². The molecule has 0 unspecified atom stereocenters. The van der Waals surface area contributed by atoms with Gasteiger partial charge in [-0.3, -0.25) is 4.68 Å². The summed E-state index contributed by atoms with van der Waals surface area (Å²) >= 11 is 3.61. The molecule has 1 N–H and O–H groups in total. The van der Waals surface area contributed by atoms with Crippen LogP contribution in [0.1, 0.15) is 24.7 Å². The molecule has 1 aromatic rings. The van der Waals surface area contributed by atoms with Gasteiger partial charge in [-0.15, -0.1) is 0 Å². The monoisotopic (exact) mass is 243 g/mol. The Labute approximate surface area is 86.6 Å². The normalized spacial score (nSPS) is 16.8. The van der Waals surface area contributed by atoms with Crippen molar-refractivity contribution in [1.29, 1.82) is 0 Å². The first-order valence-electron chi connectivity index (χ1n) is 4.77. The van der Waals surface area contributed by atoms with Crippen LogP contribution in [0.25, 0.3) is 0 Å². The van der Waals surface area contributed by atoms with E-state index < -0.39 is 0 Å². The lowest BCUT2D eigenvalue weighted by atomic mass is 10.3. The van der Waals surface area contributed by atoms with Crippen LogP contribution in [-0.4, -0.2) is 16.3 Å². The van der Waals surface area contributed by atoms with E-state index in [0.717, 1.165) is 26.1 Å². The van der Waals surface area contributed by atoms with Crippen LogP contribution in [-0.2, 0) is 19.5 Å². The molecule has 0 saturated heterocycles. The molecule has 0 radical (unpaired) electrons. The molecule has 1 aromatic heterocycles. The van der Waals surface area contributed by atoms with Crippen molar-refractivity contribution in [2.75, 3.05) is 6.54 Å². The second-order valence-corrected chi connectivity index (χ2v) is 4.11. The van der Waals surface area contributed by atoms with Crippen molar-refractivity contribution < 1.29 is 0 Å². The van der Waals surface area contributed by atoms with Crippen LogP contribution in [0.2, 0.25) is 0 Å². The minimum absolute atomic E-state index is 0.938. The zero-order chi connectivity index (χ0) is 9.26. The van der Waals surface area contributed by atoms with E-state index in [2.05, 4.69) is 38.0 Å². The fraction of sp³-hybridized carbons (Fsp3) is 0.667. The Kier molecular flexibility index (Phi) is 2.69. The van der Waals surface area contributed by atoms with Crippen LogP contribution in [0.3, 0.4) is 0 Å². The Morgan fingerprint density at radius 2 is 2.46 bits per heavy atom. The molecule has 4 heteroatoms. The van der Waals surface area contributed by atoms with Crippen molar-refractivity contribution in [3.8, 4) is 0 Å². The fourth-order valence-corrected chi connectivity index (χ4v) is 2.37. The van der Waals surface area contributed by atoms with E-state index in [0.29, 0.717) is 0 Å². The van der Waals surface area contributed by atoms with Crippen LogP contribution in [0.4, 0.5) is 0 Å². The Hall–Kier alpha value is -0.350. The first-order valence-corrected chi connectivity index (χ1v) is 5.57. The number of aromatic nitrogens is 2. The van der Waals surface area contributed by atoms with Gasteiger partial charge in [0, 0.05) is 13.1 Å². The molecule has 0 spiro atoms. The largest absolute Gasteiger partial charge is 0.311 e. The molecule has 0 amide bonds. The highest BCUT2D eigenvalue weighted by Crippen LogP contribution is 2.23. The van der Waals surface area contributed by atoms with Gasteiger partial charge in [0.2, 0.25) is 0 Å². The quantitative estimate of drug-likeness (QED) is 0.814. The molecule has 0 aromatic carbocycles. The number of nitrogens with one attached hydrogen (secondary N) is 1. The second kappa shape index (κ2) is 3.80. The van der Waals surface area contributed by atoms with E-state index in [4.69, 9.17) is 0 Å². The van der Waals surface area contributed by atoms with Gasteiger partial charge in [0.1, 0.15) is 0 Å². The van der Waals surface area contributed by atoms with Crippen molar-refractivity contribution >= 4 is 15.9 Å². The lowest BCUT2D eigenvalue weighted by molar-refractivity contribution is 0.581. The van der Waals surface area contributed by atoms with E-state index in [-0.39, 0.29) is 0 Å². The Bertz CT molecular complexity index is 306. The predicted molar refractivity (Wildman–Crippen MR) is 55.6 cm³/mol. The summed E-state index contributed by atoms with van der Waals surface area (Å²) in [4.78, 5) is 0. The van der Waals surface area contributed by atoms with Gasteiger partial charge in [-0.2, -0.15) is 5.10 Å². The molecule has 2 heterocycles. The number of hydrogen-bond donors (Lipinski definition) is 1. The zero-order valence-electron chi connectivity index (χ0n) is 7.81. The minimum Gasteiger partial charge on any atom is -0.311 e. The van der Waals surface area contributed by atoms with Gasteiger partial charge in [0.15, 0.2) is 0 Å². The van der Waals surface area contributed by atoms with Gasteiger partial charge >= 0.3 is 0 Å². The van der Waals surface area contributed by atoms with Crippen LogP contribution in [0.5, 0.6) is 0 Å². The molecule has 1 aliphatic rings. The number of hydrogen-bond acceptors (Lipinski definition) is 2. The molecule has 0 fully saturated rings. The Morgan fingerprint density at radius 3 is 3.23 bits per heavy atom. The Balaban J connectivity index is 2.38. The lowest BCUT2D eigenvalue weighted by Crippen LogP contribution is -2.12. The fourth-order valence-electron chi connectivity index (χ4n) is 1.67. The van der Waals surface area contributed by atoms with Gasteiger partial charge in [0.05, 0.1) is 15.9 Å². The summed E-state index contributed by atoms with van der Waals surface area (Å²) in [6.07, 6.45) is 2.17.